The number of ether oxygens (including phenoxy) is 1. The Morgan fingerprint density at radius 1 is 1.39 bits per heavy atom. The molecular weight excluding hydrogens is 230 g/mol. The van der Waals surface area contributed by atoms with E-state index in [1.54, 1.807) is 10.6 Å². The molecule has 3 rings (SSSR count). The highest BCUT2D eigenvalue weighted by Crippen LogP contribution is 2.18. The smallest absolute Gasteiger partial charge is 0.168 e. The minimum absolute atomic E-state index is 0.540. The van der Waals surface area contributed by atoms with Gasteiger partial charge in [0.05, 0.1) is 0 Å². The molecule has 0 aliphatic carbocycles. The van der Waals surface area contributed by atoms with Crippen LogP contribution >= 0.6 is 0 Å². The van der Waals surface area contributed by atoms with E-state index in [2.05, 4.69) is 10.1 Å². The van der Waals surface area contributed by atoms with Gasteiger partial charge in [0.1, 0.15) is 5.69 Å². The van der Waals surface area contributed by atoms with Crippen molar-refractivity contribution in [2.45, 2.75) is 19.3 Å². The summed E-state index contributed by atoms with van der Waals surface area (Å²) in [6.07, 6.45) is 3.80. The number of rotatable bonds is 3. The van der Waals surface area contributed by atoms with Crippen molar-refractivity contribution >= 4 is 11.9 Å². The summed E-state index contributed by atoms with van der Waals surface area (Å²) >= 11 is 0. The molecule has 0 amide bonds. The Morgan fingerprint density at radius 3 is 3.00 bits per heavy atom. The Bertz CT molecular complexity index is 558. The quantitative estimate of drug-likeness (QED) is 0.769. The number of aromatic nitrogens is 3. The maximum Gasteiger partial charge on any atom is 0.168 e. The third kappa shape index (κ3) is 2.13. The van der Waals surface area contributed by atoms with Crippen LogP contribution in [0, 0.1) is 5.92 Å². The summed E-state index contributed by atoms with van der Waals surface area (Å²) in [4.78, 5) is 15.4. The molecule has 0 N–H and O–H groups in total. The van der Waals surface area contributed by atoms with Gasteiger partial charge in [-0.2, -0.15) is 5.10 Å². The van der Waals surface area contributed by atoms with Gasteiger partial charge in [0.15, 0.2) is 17.8 Å². The van der Waals surface area contributed by atoms with Gasteiger partial charge in [0.2, 0.25) is 0 Å². The van der Waals surface area contributed by atoms with Gasteiger partial charge in [-0.3, -0.25) is 4.79 Å². The summed E-state index contributed by atoms with van der Waals surface area (Å²) < 4.78 is 6.95. The molecule has 0 aromatic carbocycles. The standard InChI is InChI=1S/C13H15N3O2/c17-9-11-2-1-3-13-14-12(15-16(11)13)8-10-4-6-18-7-5-10/h1-3,9-10H,4-8H2. The van der Waals surface area contributed by atoms with E-state index in [0.717, 1.165) is 50.2 Å². The molecule has 94 valence electrons. The fourth-order valence-electron chi connectivity index (χ4n) is 2.35. The van der Waals surface area contributed by atoms with Crippen LogP contribution in [0.1, 0.15) is 29.2 Å². The summed E-state index contributed by atoms with van der Waals surface area (Å²) in [6.45, 7) is 1.66. The Morgan fingerprint density at radius 2 is 2.22 bits per heavy atom. The van der Waals surface area contributed by atoms with Crippen LogP contribution in [0.2, 0.25) is 0 Å². The van der Waals surface area contributed by atoms with Crippen molar-refractivity contribution in [1.29, 1.82) is 0 Å². The highest BCUT2D eigenvalue weighted by Gasteiger charge is 2.17. The van der Waals surface area contributed by atoms with Gasteiger partial charge in [0, 0.05) is 19.6 Å². The van der Waals surface area contributed by atoms with Gasteiger partial charge >= 0.3 is 0 Å². The molecule has 2 aromatic heterocycles. The van der Waals surface area contributed by atoms with Crippen LogP contribution in [0.3, 0.4) is 0 Å². The van der Waals surface area contributed by atoms with Crippen molar-refractivity contribution < 1.29 is 9.53 Å². The van der Waals surface area contributed by atoms with Crippen molar-refractivity contribution in [3.63, 3.8) is 0 Å². The first-order valence-electron chi connectivity index (χ1n) is 6.24. The second kappa shape index (κ2) is 4.86. The van der Waals surface area contributed by atoms with E-state index in [1.807, 2.05) is 12.1 Å². The third-order valence-corrected chi connectivity index (χ3v) is 3.37. The largest absolute Gasteiger partial charge is 0.381 e. The van der Waals surface area contributed by atoms with Crippen molar-refractivity contribution in [3.05, 3.63) is 29.7 Å². The molecule has 0 unspecified atom stereocenters. The van der Waals surface area contributed by atoms with Crippen molar-refractivity contribution in [2.75, 3.05) is 13.2 Å². The summed E-state index contributed by atoms with van der Waals surface area (Å²) in [5, 5.41) is 4.41. The molecule has 0 spiro atoms. The van der Waals surface area contributed by atoms with Gasteiger partial charge in [-0.1, -0.05) is 6.07 Å². The fraction of sp³-hybridized carbons (Fsp3) is 0.462. The Hall–Kier alpha value is -1.75. The lowest BCUT2D eigenvalue weighted by Crippen LogP contribution is -2.18. The molecule has 3 heterocycles. The van der Waals surface area contributed by atoms with Gasteiger partial charge in [-0.25, -0.2) is 9.50 Å². The van der Waals surface area contributed by atoms with Crippen LogP contribution in [0.5, 0.6) is 0 Å². The molecule has 18 heavy (non-hydrogen) atoms. The highest BCUT2D eigenvalue weighted by atomic mass is 16.5. The van der Waals surface area contributed by atoms with Gasteiger partial charge in [-0.15, -0.1) is 0 Å². The molecule has 1 fully saturated rings. The summed E-state index contributed by atoms with van der Waals surface area (Å²) in [6, 6.07) is 5.44. The lowest BCUT2D eigenvalue weighted by Gasteiger charge is -2.20. The van der Waals surface area contributed by atoms with Crippen LogP contribution in [-0.4, -0.2) is 34.1 Å². The highest BCUT2D eigenvalue weighted by molar-refractivity contribution is 5.73. The average Bonchev–Trinajstić information content (AvgIpc) is 2.82. The Labute approximate surface area is 105 Å². The molecule has 0 saturated carbocycles. The Balaban J connectivity index is 1.86. The minimum atomic E-state index is 0.540. The van der Waals surface area contributed by atoms with E-state index in [4.69, 9.17) is 4.74 Å². The zero-order valence-corrected chi connectivity index (χ0v) is 10.1. The molecular formula is C13H15N3O2. The number of carbonyl (C=O) groups excluding carboxylic acids is 1. The minimum Gasteiger partial charge on any atom is -0.381 e. The third-order valence-electron chi connectivity index (χ3n) is 3.37. The molecule has 5 nitrogen and oxygen atoms in total. The normalized spacial score (nSPS) is 17.1. The summed E-state index contributed by atoms with van der Waals surface area (Å²) in [5.41, 5.74) is 1.28. The van der Waals surface area contributed by atoms with Crippen LogP contribution in [-0.2, 0) is 11.2 Å². The van der Waals surface area contributed by atoms with Crippen molar-refractivity contribution in [1.82, 2.24) is 14.6 Å². The average molecular weight is 245 g/mol. The number of pyridine rings is 1. The number of hydrogen-bond acceptors (Lipinski definition) is 4. The molecule has 2 aromatic rings. The lowest BCUT2D eigenvalue weighted by molar-refractivity contribution is 0.0660. The van der Waals surface area contributed by atoms with Gasteiger partial charge in [0.25, 0.3) is 0 Å². The first-order valence-corrected chi connectivity index (χ1v) is 6.24. The fourth-order valence-corrected chi connectivity index (χ4v) is 2.35. The number of hydrogen-bond donors (Lipinski definition) is 0. The second-order valence-electron chi connectivity index (χ2n) is 4.63. The molecule has 0 atom stereocenters. The molecule has 1 saturated heterocycles. The van der Waals surface area contributed by atoms with Crippen LogP contribution in [0.15, 0.2) is 18.2 Å². The van der Waals surface area contributed by atoms with E-state index in [1.165, 1.54) is 0 Å². The topological polar surface area (TPSA) is 56.5 Å². The number of fused-ring (bicyclic) bond motifs is 1. The monoisotopic (exact) mass is 245 g/mol. The van der Waals surface area contributed by atoms with Crippen molar-refractivity contribution in [3.8, 4) is 0 Å². The Kier molecular flexibility index (Phi) is 3.06. The molecule has 1 aliphatic heterocycles. The predicted molar refractivity (Wildman–Crippen MR) is 65.6 cm³/mol. The predicted octanol–water partition coefficient (Wildman–Crippen LogP) is 1.51. The zero-order valence-electron chi connectivity index (χ0n) is 10.1. The molecule has 0 bridgehead atoms. The summed E-state index contributed by atoms with van der Waals surface area (Å²) in [5.74, 6) is 1.41. The van der Waals surface area contributed by atoms with Crippen LogP contribution in [0.4, 0.5) is 0 Å². The zero-order chi connectivity index (χ0) is 12.4. The van der Waals surface area contributed by atoms with Crippen LogP contribution < -0.4 is 0 Å². The lowest BCUT2D eigenvalue weighted by atomic mass is 9.96. The van der Waals surface area contributed by atoms with E-state index in [-0.39, 0.29) is 0 Å². The SMILES string of the molecule is O=Cc1cccc2nc(CC3CCOCC3)nn12. The van der Waals surface area contributed by atoms with E-state index in [9.17, 15) is 4.79 Å². The molecule has 0 radical (unpaired) electrons. The van der Waals surface area contributed by atoms with E-state index < -0.39 is 0 Å². The number of aldehydes is 1. The second-order valence-corrected chi connectivity index (χ2v) is 4.63. The molecule has 1 aliphatic rings. The number of carbonyl (C=O) groups is 1. The van der Waals surface area contributed by atoms with E-state index >= 15 is 0 Å². The maximum absolute atomic E-state index is 10.9. The van der Waals surface area contributed by atoms with Gasteiger partial charge < -0.3 is 4.74 Å². The first kappa shape index (κ1) is 11.3. The number of nitrogens with zero attached hydrogens (tertiary/aromatic N) is 3. The summed E-state index contributed by atoms with van der Waals surface area (Å²) in [7, 11) is 0. The van der Waals surface area contributed by atoms with Crippen LogP contribution in [0.25, 0.3) is 5.65 Å². The maximum atomic E-state index is 10.9. The van der Waals surface area contributed by atoms with Crippen molar-refractivity contribution in [2.24, 2.45) is 5.92 Å². The van der Waals surface area contributed by atoms with E-state index in [0.29, 0.717) is 11.6 Å². The first-order chi connectivity index (χ1) is 8.86. The van der Waals surface area contributed by atoms with Gasteiger partial charge in [-0.05, 0) is 30.9 Å². The molecule has 5 heteroatoms.